The number of amides is 1. The minimum absolute atomic E-state index is 0.147. The summed E-state index contributed by atoms with van der Waals surface area (Å²) in [5, 5.41) is 13.4. The zero-order valence-electron chi connectivity index (χ0n) is 10.1. The van der Waals surface area contributed by atoms with Gasteiger partial charge in [-0.1, -0.05) is 12.1 Å². The number of hydrogen-bond acceptors (Lipinski definition) is 4. The molecule has 7 nitrogen and oxygen atoms in total. The van der Waals surface area contributed by atoms with Crippen LogP contribution in [0.5, 0.6) is 0 Å². The van der Waals surface area contributed by atoms with E-state index in [1.165, 1.54) is 24.5 Å². The Labute approximate surface area is 112 Å². The highest BCUT2D eigenvalue weighted by atomic mass is 16.6. The van der Waals surface area contributed by atoms with E-state index in [9.17, 15) is 14.9 Å². The molecule has 3 rings (SSSR count). The average Bonchev–Trinajstić information content (AvgIpc) is 2.99. The number of nitrogens with one attached hydrogen (secondary N) is 2. The molecule has 2 heterocycles. The molecule has 1 amide bonds. The molecule has 0 aliphatic carbocycles. The van der Waals surface area contributed by atoms with Gasteiger partial charge in [0.05, 0.1) is 16.7 Å². The van der Waals surface area contributed by atoms with Crippen LogP contribution in [0.3, 0.4) is 0 Å². The second kappa shape index (κ2) is 4.54. The zero-order valence-corrected chi connectivity index (χ0v) is 10.1. The van der Waals surface area contributed by atoms with Gasteiger partial charge < -0.3 is 14.7 Å². The summed E-state index contributed by atoms with van der Waals surface area (Å²) in [6.07, 6.45) is 1.50. The monoisotopic (exact) mass is 271 g/mol. The van der Waals surface area contributed by atoms with E-state index in [0.717, 1.165) is 0 Å². The molecule has 7 heteroatoms. The van der Waals surface area contributed by atoms with Crippen LogP contribution in [0.1, 0.15) is 10.5 Å². The van der Waals surface area contributed by atoms with E-state index >= 15 is 0 Å². The topological polar surface area (TPSA) is 101 Å². The molecule has 100 valence electrons. The molecular formula is C13H9N3O4. The number of H-pyrrole nitrogens is 1. The first-order chi connectivity index (χ1) is 9.65. The summed E-state index contributed by atoms with van der Waals surface area (Å²) in [5.74, 6) is -0.467. The van der Waals surface area contributed by atoms with E-state index in [0.29, 0.717) is 11.1 Å². The number of fused-ring (bicyclic) bond motifs is 1. The molecule has 0 aliphatic rings. The highest BCUT2D eigenvalue weighted by molar-refractivity contribution is 6.06. The van der Waals surface area contributed by atoms with Gasteiger partial charge in [-0.25, -0.2) is 0 Å². The van der Waals surface area contributed by atoms with E-state index in [1.807, 2.05) is 0 Å². The number of carbonyl (C=O) groups is 1. The maximum atomic E-state index is 12.0. The van der Waals surface area contributed by atoms with E-state index in [2.05, 4.69) is 10.3 Å². The van der Waals surface area contributed by atoms with Gasteiger partial charge in [-0.05, 0) is 6.07 Å². The molecular weight excluding hydrogens is 262 g/mol. The minimum Gasteiger partial charge on any atom is -0.463 e. The van der Waals surface area contributed by atoms with Crippen molar-refractivity contribution < 1.29 is 14.1 Å². The Hall–Kier alpha value is -3.09. The van der Waals surface area contributed by atoms with E-state index < -0.39 is 10.8 Å². The molecule has 1 aromatic carbocycles. The predicted molar refractivity (Wildman–Crippen MR) is 71.6 cm³/mol. The highest BCUT2D eigenvalue weighted by Crippen LogP contribution is 2.24. The first kappa shape index (κ1) is 12.0. The van der Waals surface area contributed by atoms with Gasteiger partial charge in [0.1, 0.15) is 11.4 Å². The number of carbonyl (C=O) groups excluding carboxylic acids is 1. The summed E-state index contributed by atoms with van der Waals surface area (Å²) in [6, 6.07) is 9.19. The van der Waals surface area contributed by atoms with Gasteiger partial charge in [0.25, 0.3) is 11.6 Å². The SMILES string of the molecule is O=C(Nc1ccccc1[N+](=O)[O-])c1cc2occc2[nH]1. The molecule has 20 heavy (non-hydrogen) atoms. The lowest BCUT2D eigenvalue weighted by Gasteiger charge is -2.04. The number of nitro benzene ring substituents is 1. The van der Waals surface area contributed by atoms with Crippen molar-refractivity contribution in [2.24, 2.45) is 0 Å². The van der Waals surface area contributed by atoms with Crippen LogP contribution in [0.25, 0.3) is 11.1 Å². The third kappa shape index (κ3) is 2.01. The minimum atomic E-state index is -0.545. The first-order valence-electron chi connectivity index (χ1n) is 5.76. The molecule has 0 bridgehead atoms. The van der Waals surface area contributed by atoms with Gasteiger partial charge in [0.15, 0.2) is 5.58 Å². The lowest BCUT2D eigenvalue weighted by Crippen LogP contribution is -2.13. The molecule has 0 fully saturated rings. The molecule has 3 aromatic rings. The molecule has 0 saturated carbocycles. The van der Waals surface area contributed by atoms with Gasteiger partial charge in [-0.15, -0.1) is 0 Å². The normalized spacial score (nSPS) is 10.6. The predicted octanol–water partition coefficient (Wildman–Crippen LogP) is 2.92. The van der Waals surface area contributed by atoms with Crippen molar-refractivity contribution in [1.82, 2.24) is 4.98 Å². The molecule has 0 saturated heterocycles. The molecule has 0 unspecified atom stereocenters. The van der Waals surface area contributed by atoms with Crippen molar-refractivity contribution >= 4 is 28.4 Å². The number of nitro groups is 1. The third-order valence-electron chi connectivity index (χ3n) is 2.83. The van der Waals surface area contributed by atoms with E-state index in [-0.39, 0.29) is 17.1 Å². The Morgan fingerprint density at radius 3 is 2.85 bits per heavy atom. The Balaban J connectivity index is 1.89. The van der Waals surface area contributed by atoms with Gasteiger partial charge in [0, 0.05) is 18.2 Å². The maximum Gasteiger partial charge on any atom is 0.292 e. The Kier molecular flexibility index (Phi) is 2.72. The number of para-hydroxylation sites is 2. The summed E-state index contributed by atoms with van der Waals surface area (Å²) in [5.41, 5.74) is 1.51. The number of nitrogens with zero attached hydrogens (tertiary/aromatic N) is 1. The lowest BCUT2D eigenvalue weighted by atomic mass is 10.2. The van der Waals surface area contributed by atoms with Crippen molar-refractivity contribution in [3.05, 3.63) is 58.5 Å². The van der Waals surface area contributed by atoms with Crippen LogP contribution in [0.2, 0.25) is 0 Å². The van der Waals surface area contributed by atoms with Gasteiger partial charge in [0.2, 0.25) is 0 Å². The summed E-state index contributed by atoms with van der Waals surface area (Å²) in [6.45, 7) is 0. The number of anilines is 1. The van der Waals surface area contributed by atoms with Crippen LogP contribution < -0.4 is 5.32 Å². The number of benzene rings is 1. The van der Waals surface area contributed by atoms with Crippen molar-refractivity contribution in [3.63, 3.8) is 0 Å². The number of aromatic nitrogens is 1. The second-order valence-corrected chi connectivity index (χ2v) is 4.11. The smallest absolute Gasteiger partial charge is 0.292 e. The van der Waals surface area contributed by atoms with Crippen molar-refractivity contribution in [2.75, 3.05) is 5.32 Å². The summed E-state index contributed by atoms with van der Waals surface area (Å²) < 4.78 is 5.14. The quantitative estimate of drug-likeness (QED) is 0.564. The largest absolute Gasteiger partial charge is 0.463 e. The van der Waals surface area contributed by atoms with Crippen LogP contribution in [0.15, 0.2) is 47.1 Å². The number of rotatable bonds is 3. The van der Waals surface area contributed by atoms with Crippen LogP contribution in [-0.2, 0) is 0 Å². The number of furan rings is 1. The highest BCUT2D eigenvalue weighted by Gasteiger charge is 2.17. The molecule has 2 aromatic heterocycles. The van der Waals surface area contributed by atoms with Crippen molar-refractivity contribution in [3.8, 4) is 0 Å². The Bertz CT molecular complexity index is 774. The van der Waals surface area contributed by atoms with Gasteiger partial charge in [-0.3, -0.25) is 14.9 Å². The average molecular weight is 271 g/mol. The molecule has 0 aliphatic heterocycles. The van der Waals surface area contributed by atoms with E-state index in [1.54, 1.807) is 18.2 Å². The molecule has 2 N–H and O–H groups in total. The fraction of sp³-hybridized carbons (Fsp3) is 0. The third-order valence-corrected chi connectivity index (χ3v) is 2.83. The van der Waals surface area contributed by atoms with Gasteiger partial charge >= 0.3 is 0 Å². The Morgan fingerprint density at radius 2 is 2.10 bits per heavy atom. The van der Waals surface area contributed by atoms with Crippen LogP contribution in [0, 0.1) is 10.1 Å². The number of hydrogen-bond donors (Lipinski definition) is 2. The zero-order chi connectivity index (χ0) is 14.1. The second-order valence-electron chi connectivity index (χ2n) is 4.11. The molecule has 0 spiro atoms. The van der Waals surface area contributed by atoms with E-state index in [4.69, 9.17) is 4.42 Å². The lowest BCUT2D eigenvalue weighted by molar-refractivity contribution is -0.383. The fourth-order valence-corrected chi connectivity index (χ4v) is 1.90. The fourth-order valence-electron chi connectivity index (χ4n) is 1.90. The number of aromatic amines is 1. The van der Waals surface area contributed by atoms with Crippen LogP contribution >= 0.6 is 0 Å². The molecule has 0 atom stereocenters. The summed E-state index contributed by atoms with van der Waals surface area (Å²) >= 11 is 0. The Morgan fingerprint density at radius 1 is 1.30 bits per heavy atom. The van der Waals surface area contributed by atoms with Gasteiger partial charge in [-0.2, -0.15) is 0 Å². The van der Waals surface area contributed by atoms with Crippen LogP contribution in [-0.4, -0.2) is 15.8 Å². The summed E-state index contributed by atoms with van der Waals surface area (Å²) in [4.78, 5) is 25.2. The van der Waals surface area contributed by atoms with Crippen LogP contribution in [0.4, 0.5) is 11.4 Å². The van der Waals surface area contributed by atoms with Crippen molar-refractivity contribution in [1.29, 1.82) is 0 Å². The maximum absolute atomic E-state index is 12.0. The van der Waals surface area contributed by atoms with Crippen molar-refractivity contribution in [2.45, 2.75) is 0 Å². The summed E-state index contributed by atoms with van der Waals surface area (Å²) in [7, 11) is 0. The molecule has 0 radical (unpaired) electrons. The standard InChI is InChI=1S/C13H9N3O4/c17-13(10-7-12-9(14-10)5-6-20-12)15-8-3-1-2-4-11(8)16(18)19/h1-7,14H,(H,15,17). The first-order valence-corrected chi connectivity index (χ1v) is 5.76.